The van der Waals surface area contributed by atoms with Crippen LogP contribution in [0.3, 0.4) is 0 Å². The average Bonchev–Trinajstić information content (AvgIpc) is 2.37. The van der Waals surface area contributed by atoms with Crippen molar-refractivity contribution in [3.05, 3.63) is 0 Å². The molecule has 5 nitrogen and oxygen atoms in total. The molecule has 0 bridgehead atoms. The van der Waals surface area contributed by atoms with Gasteiger partial charge in [-0.15, -0.1) is 0 Å². The maximum Gasteiger partial charge on any atom is 0.291 e. The Kier molecular flexibility index (Phi) is 5.96. The number of anilines is 2. The van der Waals surface area contributed by atoms with E-state index in [2.05, 4.69) is 25.6 Å². The first kappa shape index (κ1) is 16.2. The molecule has 0 spiro atoms. The van der Waals surface area contributed by atoms with E-state index in [9.17, 15) is 8.78 Å². The molecule has 8 heteroatoms. The molecule has 21 heavy (non-hydrogen) atoms. The van der Waals surface area contributed by atoms with Crippen LogP contribution in [0, 0.1) is 0 Å². The number of alkyl halides is 2. The molecule has 118 valence electrons. The maximum atomic E-state index is 12.5. The van der Waals surface area contributed by atoms with Crippen molar-refractivity contribution in [3.8, 4) is 0 Å². The minimum Gasteiger partial charge on any atom is -0.352 e. The Labute approximate surface area is 127 Å². The molecule has 1 aliphatic rings. The average molecular weight is 317 g/mol. The maximum absolute atomic E-state index is 12.5. The molecule has 0 unspecified atom stereocenters. The number of aromatic nitrogens is 3. The van der Waals surface area contributed by atoms with Crippen LogP contribution < -0.4 is 10.6 Å². The van der Waals surface area contributed by atoms with Crippen molar-refractivity contribution in [1.29, 1.82) is 0 Å². The Bertz CT molecular complexity index is 424. The van der Waals surface area contributed by atoms with E-state index >= 15 is 0 Å². The molecule has 0 radical (unpaired) electrons. The van der Waals surface area contributed by atoms with Gasteiger partial charge in [0.05, 0.1) is 0 Å². The van der Waals surface area contributed by atoms with E-state index in [1.165, 1.54) is 19.3 Å². The summed E-state index contributed by atoms with van der Waals surface area (Å²) in [6, 6.07) is 0.441. The lowest BCUT2D eigenvalue weighted by Gasteiger charge is -2.23. The first-order chi connectivity index (χ1) is 10.0. The van der Waals surface area contributed by atoms with Gasteiger partial charge < -0.3 is 10.6 Å². The molecule has 1 aromatic heterocycles. The molecular formula is C13H21F2N5S. The second-order valence-electron chi connectivity index (χ2n) is 5.42. The fourth-order valence-electron chi connectivity index (χ4n) is 2.31. The number of nitrogens with one attached hydrogen (secondary N) is 2. The van der Waals surface area contributed by atoms with E-state index in [0.29, 0.717) is 29.7 Å². The molecule has 0 atom stereocenters. The van der Waals surface area contributed by atoms with Crippen LogP contribution in [-0.4, -0.2) is 32.8 Å². The van der Waals surface area contributed by atoms with Crippen molar-refractivity contribution in [3.63, 3.8) is 0 Å². The zero-order valence-electron chi connectivity index (χ0n) is 12.3. The smallest absolute Gasteiger partial charge is 0.291 e. The fourth-order valence-corrected chi connectivity index (χ4v) is 2.74. The Balaban J connectivity index is 2.12. The summed E-state index contributed by atoms with van der Waals surface area (Å²) >= 11 is 0.340. The van der Waals surface area contributed by atoms with E-state index < -0.39 is 5.76 Å². The van der Waals surface area contributed by atoms with Crippen molar-refractivity contribution in [2.75, 3.05) is 10.6 Å². The van der Waals surface area contributed by atoms with Gasteiger partial charge in [-0.3, -0.25) is 0 Å². The molecule has 1 saturated carbocycles. The zero-order valence-corrected chi connectivity index (χ0v) is 13.1. The van der Waals surface area contributed by atoms with E-state index in [4.69, 9.17) is 0 Å². The number of halogens is 2. The summed E-state index contributed by atoms with van der Waals surface area (Å²) in [7, 11) is 0. The highest BCUT2D eigenvalue weighted by atomic mass is 32.2. The monoisotopic (exact) mass is 317 g/mol. The van der Waals surface area contributed by atoms with E-state index in [1.807, 2.05) is 13.8 Å². The van der Waals surface area contributed by atoms with E-state index in [1.54, 1.807) is 0 Å². The van der Waals surface area contributed by atoms with Gasteiger partial charge in [0.2, 0.25) is 11.9 Å². The lowest BCUT2D eigenvalue weighted by Crippen LogP contribution is -2.24. The number of nitrogens with zero attached hydrogens (tertiary/aromatic N) is 3. The second-order valence-corrected chi connectivity index (χ2v) is 6.38. The molecule has 1 aliphatic carbocycles. The molecule has 0 saturated heterocycles. The third-order valence-corrected chi connectivity index (χ3v) is 3.74. The second kappa shape index (κ2) is 7.72. The van der Waals surface area contributed by atoms with Gasteiger partial charge in [0.25, 0.3) is 5.76 Å². The normalized spacial score (nSPS) is 16.5. The highest BCUT2D eigenvalue weighted by Gasteiger charge is 2.17. The first-order valence-corrected chi connectivity index (χ1v) is 8.15. The Morgan fingerprint density at radius 3 is 2.33 bits per heavy atom. The summed E-state index contributed by atoms with van der Waals surface area (Å²) in [6.07, 6.45) is 5.74. The standard InChI is InChI=1S/C13H21F2N5S/c1-8(2)16-11-18-12(17-9-6-4-3-5-7-9)20-13(19-11)21-10(14)15/h8-10H,3-7H2,1-2H3,(H2,16,17,18,19,20). The van der Waals surface area contributed by atoms with Gasteiger partial charge in [0, 0.05) is 12.1 Å². The molecule has 0 aromatic carbocycles. The van der Waals surface area contributed by atoms with Crippen LogP contribution in [0.5, 0.6) is 0 Å². The summed E-state index contributed by atoms with van der Waals surface area (Å²) in [4.78, 5) is 12.4. The molecule has 0 aliphatic heterocycles. The Hall–Kier alpha value is -1.18. The lowest BCUT2D eigenvalue weighted by molar-refractivity contribution is 0.251. The molecule has 2 N–H and O–H groups in total. The summed E-state index contributed by atoms with van der Waals surface area (Å²) in [6.45, 7) is 3.88. The Morgan fingerprint density at radius 2 is 1.71 bits per heavy atom. The van der Waals surface area contributed by atoms with Gasteiger partial charge >= 0.3 is 0 Å². The van der Waals surface area contributed by atoms with Gasteiger partial charge in [0.15, 0.2) is 5.16 Å². The van der Waals surface area contributed by atoms with Crippen molar-refractivity contribution < 1.29 is 8.78 Å². The number of rotatable bonds is 6. The molecule has 1 aromatic rings. The van der Waals surface area contributed by atoms with Crippen molar-refractivity contribution in [1.82, 2.24) is 15.0 Å². The quantitative estimate of drug-likeness (QED) is 0.779. The van der Waals surface area contributed by atoms with Crippen molar-refractivity contribution >= 4 is 23.7 Å². The predicted molar refractivity (Wildman–Crippen MR) is 80.9 cm³/mol. The van der Waals surface area contributed by atoms with Crippen molar-refractivity contribution in [2.24, 2.45) is 0 Å². The van der Waals surface area contributed by atoms with Crippen LogP contribution in [0.25, 0.3) is 0 Å². The summed E-state index contributed by atoms with van der Waals surface area (Å²) < 4.78 is 25.1. The number of hydrogen-bond acceptors (Lipinski definition) is 6. The highest BCUT2D eigenvalue weighted by molar-refractivity contribution is 7.99. The minimum absolute atomic E-state index is 0.0430. The molecule has 2 rings (SSSR count). The third-order valence-electron chi connectivity index (χ3n) is 3.17. The summed E-state index contributed by atoms with van der Waals surface area (Å²) in [5, 5.41) is 6.33. The van der Waals surface area contributed by atoms with Gasteiger partial charge in [-0.2, -0.15) is 23.7 Å². The van der Waals surface area contributed by atoms with E-state index in [-0.39, 0.29) is 11.2 Å². The van der Waals surface area contributed by atoms with Gasteiger partial charge in [-0.25, -0.2) is 0 Å². The summed E-state index contributed by atoms with van der Waals surface area (Å²) in [5.41, 5.74) is 0. The fraction of sp³-hybridized carbons (Fsp3) is 0.769. The van der Waals surface area contributed by atoms with E-state index in [0.717, 1.165) is 12.8 Å². The molecule has 1 heterocycles. The molecular weight excluding hydrogens is 296 g/mol. The minimum atomic E-state index is -2.54. The highest BCUT2D eigenvalue weighted by Crippen LogP contribution is 2.25. The van der Waals surface area contributed by atoms with Crippen LogP contribution in [0.1, 0.15) is 46.0 Å². The van der Waals surface area contributed by atoms with Gasteiger partial charge in [0.1, 0.15) is 0 Å². The van der Waals surface area contributed by atoms with Gasteiger partial charge in [-0.1, -0.05) is 19.3 Å². The number of hydrogen-bond donors (Lipinski definition) is 2. The van der Waals surface area contributed by atoms with Crippen LogP contribution in [-0.2, 0) is 0 Å². The molecule has 1 fully saturated rings. The van der Waals surface area contributed by atoms with Crippen LogP contribution in [0.4, 0.5) is 20.7 Å². The largest absolute Gasteiger partial charge is 0.352 e. The topological polar surface area (TPSA) is 62.7 Å². The third kappa shape index (κ3) is 5.61. The summed E-state index contributed by atoms with van der Waals surface area (Å²) in [5.74, 6) is -1.83. The molecule has 0 amide bonds. The van der Waals surface area contributed by atoms with Gasteiger partial charge in [-0.05, 0) is 38.5 Å². The predicted octanol–water partition coefficient (Wildman–Crippen LogP) is 3.75. The van der Waals surface area contributed by atoms with Crippen molar-refractivity contribution in [2.45, 2.75) is 68.9 Å². The number of thioether (sulfide) groups is 1. The van der Waals surface area contributed by atoms with Crippen LogP contribution in [0.2, 0.25) is 0 Å². The Morgan fingerprint density at radius 1 is 1.05 bits per heavy atom. The first-order valence-electron chi connectivity index (χ1n) is 7.27. The van der Waals surface area contributed by atoms with Crippen LogP contribution >= 0.6 is 11.8 Å². The lowest BCUT2D eigenvalue weighted by atomic mass is 9.96. The SMILES string of the molecule is CC(C)Nc1nc(NC2CCCCC2)nc(SC(F)F)n1. The van der Waals surface area contributed by atoms with Crippen LogP contribution in [0.15, 0.2) is 5.16 Å². The zero-order chi connectivity index (χ0) is 15.2.